The van der Waals surface area contributed by atoms with Crippen LogP contribution >= 0.6 is 0 Å². The van der Waals surface area contributed by atoms with Crippen molar-refractivity contribution in [3.63, 3.8) is 0 Å². The molecule has 0 bridgehead atoms. The fraction of sp³-hybridized carbons (Fsp3) is 0.0840. The van der Waals surface area contributed by atoms with E-state index >= 15 is 0 Å². The van der Waals surface area contributed by atoms with E-state index in [0.717, 1.165) is 33.5 Å². The molecule has 3 nitrogen and oxygen atoms in total. The molecule has 3 heteroatoms. The van der Waals surface area contributed by atoms with Gasteiger partial charge >= 0.3 is 0 Å². The molecule has 0 radical (unpaired) electrons. The van der Waals surface area contributed by atoms with Crippen LogP contribution < -0.4 is 0 Å². The van der Waals surface area contributed by atoms with Crippen molar-refractivity contribution in [2.75, 3.05) is 0 Å². The van der Waals surface area contributed by atoms with E-state index in [-0.39, 0.29) is 7.43 Å². The molecule has 0 aliphatic heterocycles. The molecule has 3 aromatic heterocycles. The summed E-state index contributed by atoms with van der Waals surface area (Å²) in [6, 6.07) is 164. The van der Waals surface area contributed by atoms with Crippen LogP contribution in [-0.2, 0) is 0 Å². The average Bonchev–Trinajstić information content (AvgIpc) is 1.62. The second-order valence-electron chi connectivity index (χ2n) is 32.8. The highest BCUT2D eigenvalue weighted by atomic mass is 16.3. The van der Waals surface area contributed by atoms with E-state index < -0.39 is 0 Å². The Morgan fingerprint density at radius 2 is 0.231 bits per heavy atom. The molecule has 0 aliphatic rings. The van der Waals surface area contributed by atoms with Gasteiger partial charge in [-0.2, -0.15) is 0 Å². The monoisotopic (exact) mass is 1730 g/mol. The lowest BCUT2D eigenvalue weighted by molar-refractivity contribution is 0.669. The van der Waals surface area contributed by atoms with E-state index in [1.54, 1.807) is 0 Å². The highest BCUT2D eigenvalue weighted by Gasteiger charge is 2.15. The smallest absolute Gasteiger partial charge is 0.136 e. The molecule has 0 spiro atoms. The minimum atomic E-state index is 0. The summed E-state index contributed by atoms with van der Waals surface area (Å²) in [5.41, 5.74) is 14.1. The highest BCUT2D eigenvalue weighted by Crippen LogP contribution is 2.40. The Hall–Kier alpha value is -16.2. The fourth-order valence-corrected chi connectivity index (χ4v) is 18.6. The molecule has 27 rings (SSSR count). The van der Waals surface area contributed by atoms with Crippen molar-refractivity contribution in [3.8, 4) is 0 Å². The number of hydrogen-bond donors (Lipinski definition) is 0. The van der Waals surface area contributed by atoms with Crippen LogP contribution in [0, 0.1) is 41.5 Å². The first-order valence-corrected chi connectivity index (χ1v) is 46.3. The molecule has 0 N–H and O–H groups in total. The van der Waals surface area contributed by atoms with E-state index in [1.165, 1.54) is 195 Å². The highest BCUT2D eigenvalue weighted by molar-refractivity contribution is 6.21. The molecule has 0 saturated heterocycles. The molecule has 654 valence electrons. The lowest BCUT2D eigenvalue weighted by Crippen LogP contribution is -1.87. The third kappa shape index (κ3) is 19.4. The molecule has 3 heterocycles. The Morgan fingerprint density at radius 3 is 0.388 bits per heavy atom. The minimum Gasteiger partial charge on any atom is -0.456 e. The van der Waals surface area contributed by atoms with Crippen molar-refractivity contribution in [1.82, 2.24) is 0 Å². The van der Waals surface area contributed by atoms with Gasteiger partial charge in [0, 0.05) is 32.3 Å². The van der Waals surface area contributed by atoms with Crippen molar-refractivity contribution in [2.45, 2.75) is 76.7 Å². The van der Waals surface area contributed by atoms with Crippen LogP contribution in [0.2, 0.25) is 0 Å². The van der Waals surface area contributed by atoms with Gasteiger partial charge in [-0.1, -0.05) is 472 Å². The molecule has 27 aromatic rings. The van der Waals surface area contributed by atoms with Crippen molar-refractivity contribution < 1.29 is 13.3 Å². The maximum Gasteiger partial charge on any atom is 0.136 e. The normalized spacial score (nSPS) is 10.7. The molecular formula is C131H112O3. The van der Waals surface area contributed by atoms with E-state index in [0.29, 0.717) is 0 Å². The fourth-order valence-electron chi connectivity index (χ4n) is 18.6. The van der Waals surface area contributed by atoms with Crippen molar-refractivity contribution >= 4 is 195 Å². The summed E-state index contributed by atoms with van der Waals surface area (Å²) >= 11 is 0. The summed E-state index contributed by atoms with van der Waals surface area (Å²) < 4.78 is 17.6. The van der Waals surface area contributed by atoms with Gasteiger partial charge in [0.25, 0.3) is 0 Å². The van der Waals surface area contributed by atoms with Gasteiger partial charge < -0.3 is 13.3 Å². The Kier molecular flexibility index (Phi) is 29.3. The Bertz CT molecular complexity index is 7370. The van der Waals surface area contributed by atoms with E-state index in [2.05, 4.69) is 478 Å². The second-order valence-corrected chi connectivity index (χ2v) is 32.8. The summed E-state index contributed by atoms with van der Waals surface area (Å²) in [6.45, 7) is 21.3. The maximum absolute atomic E-state index is 5.86. The van der Waals surface area contributed by atoms with Gasteiger partial charge in [0.15, 0.2) is 0 Å². The van der Waals surface area contributed by atoms with Crippen molar-refractivity contribution in [3.05, 3.63) is 507 Å². The van der Waals surface area contributed by atoms with Crippen molar-refractivity contribution in [2.24, 2.45) is 0 Å². The first-order chi connectivity index (χ1) is 65.6. The lowest BCUT2D eigenvalue weighted by Gasteiger charge is -2.11. The van der Waals surface area contributed by atoms with E-state index in [1.807, 2.05) is 64.1 Å². The maximum atomic E-state index is 5.86. The second kappa shape index (κ2) is 43.0. The Labute approximate surface area is 786 Å². The molecule has 0 saturated carbocycles. The number of furan rings is 3. The Balaban J connectivity index is 0.000000110. The van der Waals surface area contributed by atoms with Gasteiger partial charge in [-0.15, -0.1) is 0 Å². The van der Waals surface area contributed by atoms with Crippen LogP contribution in [-0.4, -0.2) is 0 Å². The molecule has 0 fully saturated rings. The predicted molar refractivity (Wildman–Crippen MR) is 588 cm³/mol. The summed E-state index contributed by atoms with van der Waals surface area (Å²) in [6.07, 6.45) is 0. The quantitative estimate of drug-likeness (QED) is 0.142. The van der Waals surface area contributed by atoms with Crippen molar-refractivity contribution in [1.29, 1.82) is 0 Å². The van der Waals surface area contributed by atoms with Gasteiger partial charge in [-0.05, 0) is 241 Å². The first-order valence-electron chi connectivity index (χ1n) is 46.3. The van der Waals surface area contributed by atoms with Gasteiger partial charge in [-0.3, -0.25) is 0 Å². The third-order valence-electron chi connectivity index (χ3n) is 25.2. The summed E-state index contributed by atoms with van der Waals surface area (Å²) in [4.78, 5) is 0. The van der Waals surface area contributed by atoms with Crippen LogP contribution in [0.1, 0.15) is 68.5 Å². The standard InChI is InChI=1S/3C16H10O.3C16H14.3C10H8.2C2H6.CH4/c3*1-2-6-12-11(5-1)9-10-15-16(12)13-7-3-4-8-14(13)17-15;3*1-11-13-7-3-5-9-15(13)12(2)16-10-6-4-8-14(11)16;3*1-2-6-10-8-4-3-7-9(10)5-1;2*1-2;/h3*1-10H;3*3-10H,1-2H3;3*1-8H;2*1-2H3;1H4. The number of hydrogen-bond acceptors (Lipinski definition) is 3. The van der Waals surface area contributed by atoms with Crippen LogP contribution in [0.25, 0.3) is 195 Å². The molecule has 0 atom stereocenters. The zero-order valence-corrected chi connectivity index (χ0v) is 77.3. The third-order valence-corrected chi connectivity index (χ3v) is 25.2. The number of para-hydroxylation sites is 3. The molecule has 0 aliphatic carbocycles. The summed E-state index contributed by atoms with van der Waals surface area (Å²) in [5.74, 6) is 0. The molecule has 0 amide bonds. The van der Waals surface area contributed by atoms with Crippen LogP contribution in [0.3, 0.4) is 0 Å². The zero-order valence-electron chi connectivity index (χ0n) is 77.3. The molecule has 0 unspecified atom stereocenters. The zero-order chi connectivity index (χ0) is 91.5. The molecular weight excluding hydrogens is 1620 g/mol. The van der Waals surface area contributed by atoms with Gasteiger partial charge in [-0.25, -0.2) is 0 Å². The molecule has 134 heavy (non-hydrogen) atoms. The van der Waals surface area contributed by atoms with Crippen LogP contribution in [0.15, 0.2) is 486 Å². The van der Waals surface area contributed by atoms with Crippen LogP contribution in [0.4, 0.5) is 0 Å². The van der Waals surface area contributed by atoms with E-state index in [4.69, 9.17) is 13.3 Å². The summed E-state index contributed by atoms with van der Waals surface area (Å²) in [7, 11) is 0. The lowest BCUT2D eigenvalue weighted by atomic mass is 9.93. The number of aryl methyl sites for hydroxylation is 6. The SMILES string of the molecule is C.CC.CC.Cc1c2ccccc2c(C)c2ccccc12.Cc1c2ccccc2c(C)c2ccccc12.Cc1c2ccccc2c(C)c2ccccc12.c1ccc2c(c1)ccc1oc3ccccc3c12.c1ccc2c(c1)ccc1oc3ccccc3c12.c1ccc2c(c1)ccc1oc3ccccc3c12.c1ccc2ccccc2c1.c1ccc2ccccc2c1.c1ccc2ccccc2c1. The first kappa shape index (κ1) is 91.1. The Morgan fingerprint density at radius 1 is 0.112 bits per heavy atom. The number of rotatable bonds is 0. The number of fused-ring (bicyclic) bond motifs is 24. The largest absolute Gasteiger partial charge is 0.456 e. The van der Waals surface area contributed by atoms with Gasteiger partial charge in [0.05, 0.1) is 0 Å². The predicted octanol–water partition coefficient (Wildman–Crippen LogP) is 39.3. The minimum absolute atomic E-state index is 0. The molecule has 24 aromatic carbocycles. The number of benzene rings is 24. The van der Waals surface area contributed by atoms with Gasteiger partial charge in [0.2, 0.25) is 0 Å². The van der Waals surface area contributed by atoms with Crippen LogP contribution in [0.5, 0.6) is 0 Å². The summed E-state index contributed by atoms with van der Waals surface area (Å²) in [5, 5.41) is 39.1. The van der Waals surface area contributed by atoms with E-state index in [9.17, 15) is 0 Å². The van der Waals surface area contributed by atoms with Gasteiger partial charge in [0.1, 0.15) is 33.5 Å². The average molecular weight is 1730 g/mol. The topological polar surface area (TPSA) is 39.4 Å².